The summed E-state index contributed by atoms with van der Waals surface area (Å²) in [7, 11) is 0. The normalized spacial score (nSPS) is 12.4. The van der Waals surface area contributed by atoms with E-state index in [0.29, 0.717) is 6.54 Å². The van der Waals surface area contributed by atoms with E-state index in [9.17, 15) is 13.2 Å². The summed E-state index contributed by atoms with van der Waals surface area (Å²) < 4.78 is 41.0. The van der Waals surface area contributed by atoms with Crippen LogP contribution < -0.4 is 5.32 Å². The van der Waals surface area contributed by atoms with Crippen LogP contribution in [0.25, 0.3) is 0 Å². The third-order valence-electron chi connectivity index (χ3n) is 2.97. The summed E-state index contributed by atoms with van der Waals surface area (Å²) in [6.45, 7) is 2.31. The molecule has 20 heavy (non-hydrogen) atoms. The molecule has 0 saturated heterocycles. The number of rotatable bonds is 4. The van der Waals surface area contributed by atoms with Crippen molar-refractivity contribution in [3.63, 3.8) is 0 Å². The Labute approximate surface area is 120 Å². The molecule has 0 amide bonds. The van der Waals surface area contributed by atoms with E-state index in [0.717, 1.165) is 12.1 Å². The van der Waals surface area contributed by atoms with Crippen LogP contribution >= 0.6 is 11.6 Å². The van der Waals surface area contributed by atoms with E-state index in [2.05, 4.69) is 5.32 Å². The smallest absolute Gasteiger partial charge is 0.146 e. The van der Waals surface area contributed by atoms with E-state index < -0.39 is 23.5 Å². The average molecular weight is 300 g/mol. The van der Waals surface area contributed by atoms with Gasteiger partial charge in [-0.15, -0.1) is 0 Å². The van der Waals surface area contributed by atoms with Crippen LogP contribution in [-0.4, -0.2) is 6.54 Å². The number of hydrogen-bond donors (Lipinski definition) is 1. The summed E-state index contributed by atoms with van der Waals surface area (Å²) in [6, 6.07) is 7.04. The Kier molecular flexibility index (Phi) is 4.68. The lowest BCUT2D eigenvalue weighted by atomic mass is 9.97. The highest BCUT2D eigenvalue weighted by Gasteiger charge is 2.21. The quantitative estimate of drug-likeness (QED) is 0.879. The molecule has 2 rings (SSSR count). The molecule has 2 aromatic rings. The summed E-state index contributed by atoms with van der Waals surface area (Å²) >= 11 is 5.75. The van der Waals surface area contributed by atoms with Crippen molar-refractivity contribution in [1.29, 1.82) is 0 Å². The second-order valence-electron chi connectivity index (χ2n) is 4.30. The van der Waals surface area contributed by atoms with Crippen molar-refractivity contribution in [2.24, 2.45) is 0 Å². The highest BCUT2D eigenvalue weighted by Crippen LogP contribution is 2.29. The molecular weight excluding hydrogens is 287 g/mol. The minimum atomic E-state index is -0.727. The van der Waals surface area contributed by atoms with Crippen molar-refractivity contribution in [3.05, 3.63) is 70.0 Å². The minimum absolute atomic E-state index is 0.0343. The van der Waals surface area contributed by atoms with Crippen LogP contribution in [0, 0.1) is 17.5 Å². The van der Waals surface area contributed by atoms with Crippen molar-refractivity contribution in [2.75, 3.05) is 6.54 Å². The maximum atomic E-state index is 14.1. The molecule has 1 atom stereocenters. The van der Waals surface area contributed by atoms with Crippen LogP contribution in [-0.2, 0) is 0 Å². The molecule has 1 unspecified atom stereocenters. The molecule has 5 heteroatoms. The molecule has 0 heterocycles. The lowest BCUT2D eigenvalue weighted by molar-refractivity contribution is 0.522. The molecule has 0 aliphatic rings. The molecule has 1 N–H and O–H groups in total. The zero-order chi connectivity index (χ0) is 14.7. The van der Waals surface area contributed by atoms with Gasteiger partial charge in [0.1, 0.15) is 17.5 Å². The first-order valence-corrected chi connectivity index (χ1v) is 6.54. The van der Waals surface area contributed by atoms with Crippen LogP contribution in [0.15, 0.2) is 36.4 Å². The summed E-state index contributed by atoms with van der Waals surface area (Å²) in [5, 5.41) is 2.95. The zero-order valence-corrected chi connectivity index (χ0v) is 11.5. The maximum Gasteiger partial charge on any atom is 0.146 e. The van der Waals surface area contributed by atoms with Gasteiger partial charge in [-0.2, -0.15) is 0 Å². The third-order valence-corrected chi connectivity index (χ3v) is 3.27. The van der Waals surface area contributed by atoms with Gasteiger partial charge < -0.3 is 5.32 Å². The number of nitrogens with one attached hydrogen (secondary N) is 1. The highest BCUT2D eigenvalue weighted by molar-refractivity contribution is 6.30. The van der Waals surface area contributed by atoms with Crippen LogP contribution in [0.4, 0.5) is 13.2 Å². The highest BCUT2D eigenvalue weighted by atomic mass is 35.5. The monoisotopic (exact) mass is 299 g/mol. The third kappa shape index (κ3) is 2.97. The van der Waals surface area contributed by atoms with Gasteiger partial charge in [0.2, 0.25) is 0 Å². The maximum absolute atomic E-state index is 14.1. The predicted octanol–water partition coefficient (Wildman–Crippen LogP) is 4.46. The van der Waals surface area contributed by atoms with Gasteiger partial charge in [-0.1, -0.05) is 36.7 Å². The summed E-state index contributed by atoms with van der Waals surface area (Å²) in [4.78, 5) is 0. The molecule has 0 saturated carbocycles. The predicted molar refractivity (Wildman–Crippen MR) is 73.3 cm³/mol. The fourth-order valence-corrected chi connectivity index (χ4v) is 2.25. The van der Waals surface area contributed by atoms with Crippen LogP contribution in [0.5, 0.6) is 0 Å². The molecule has 0 aliphatic heterocycles. The number of benzene rings is 2. The fourth-order valence-electron chi connectivity index (χ4n) is 2.07. The fraction of sp³-hybridized carbons (Fsp3) is 0.200. The molecule has 2 aromatic carbocycles. The average Bonchev–Trinajstić information content (AvgIpc) is 2.40. The first kappa shape index (κ1) is 14.9. The van der Waals surface area contributed by atoms with Crippen molar-refractivity contribution in [3.8, 4) is 0 Å². The molecule has 106 valence electrons. The number of halogens is 4. The Bertz CT molecular complexity index is 616. The van der Waals surface area contributed by atoms with Crippen LogP contribution in [0.2, 0.25) is 5.02 Å². The van der Waals surface area contributed by atoms with Gasteiger partial charge in [-0.05, 0) is 18.7 Å². The largest absolute Gasteiger partial charge is 0.306 e. The summed E-state index contributed by atoms with van der Waals surface area (Å²) in [5.74, 6) is -2.01. The Morgan fingerprint density at radius 2 is 1.85 bits per heavy atom. The van der Waals surface area contributed by atoms with Crippen LogP contribution in [0.1, 0.15) is 24.1 Å². The lowest BCUT2D eigenvalue weighted by Crippen LogP contribution is -2.24. The van der Waals surface area contributed by atoms with Crippen molar-refractivity contribution in [1.82, 2.24) is 5.32 Å². The van der Waals surface area contributed by atoms with Gasteiger partial charge in [-0.25, -0.2) is 13.2 Å². The Morgan fingerprint density at radius 3 is 2.50 bits per heavy atom. The summed E-state index contributed by atoms with van der Waals surface area (Å²) in [6.07, 6.45) is 0. The Hall–Kier alpha value is -1.52. The summed E-state index contributed by atoms with van der Waals surface area (Å²) in [5.41, 5.74) is 0.402. The van der Waals surface area contributed by atoms with E-state index in [4.69, 9.17) is 11.6 Å². The molecule has 0 radical (unpaired) electrons. The van der Waals surface area contributed by atoms with E-state index >= 15 is 0 Å². The van der Waals surface area contributed by atoms with Crippen molar-refractivity contribution >= 4 is 11.6 Å². The molecule has 1 nitrogen and oxygen atoms in total. The molecular formula is C15H13ClF3N. The van der Waals surface area contributed by atoms with Gasteiger partial charge >= 0.3 is 0 Å². The van der Waals surface area contributed by atoms with Gasteiger partial charge in [-0.3, -0.25) is 0 Å². The molecule has 0 aromatic heterocycles. The van der Waals surface area contributed by atoms with E-state index in [1.165, 1.54) is 18.2 Å². The first-order chi connectivity index (χ1) is 9.54. The van der Waals surface area contributed by atoms with Gasteiger partial charge in [0, 0.05) is 17.2 Å². The second-order valence-corrected chi connectivity index (χ2v) is 4.71. The zero-order valence-electron chi connectivity index (χ0n) is 10.8. The van der Waals surface area contributed by atoms with E-state index in [1.54, 1.807) is 6.07 Å². The SMILES string of the molecule is CCNC(c1ccc(F)cc1F)c1cccc(Cl)c1F. The van der Waals surface area contributed by atoms with E-state index in [1.807, 2.05) is 6.92 Å². The first-order valence-electron chi connectivity index (χ1n) is 6.16. The lowest BCUT2D eigenvalue weighted by Gasteiger charge is -2.20. The van der Waals surface area contributed by atoms with E-state index in [-0.39, 0.29) is 16.1 Å². The molecule has 0 spiro atoms. The van der Waals surface area contributed by atoms with Gasteiger partial charge in [0.05, 0.1) is 11.1 Å². The van der Waals surface area contributed by atoms with Crippen molar-refractivity contribution in [2.45, 2.75) is 13.0 Å². The standard InChI is InChI=1S/C15H13ClF3N/c1-2-20-15(10-7-6-9(17)8-13(10)18)11-4-3-5-12(16)14(11)19/h3-8,15,20H,2H2,1H3. The van der Waals surface area contributed by atoms with Crippen molar-refractivity contribution < 1.29 is 13.2 Å². The Balaban J connectivity index is 2.53. The minimum Gasteiger partial charge on any atom is -0.306 e. The number of hydrogen-bond acceptors (Lipinski definition) is 1. The Morgan fingerprint density at radius 1 is 1.10 bits per heavy atom. The second kappa shape index (κ2) is 6.29. The molecule has 0 aliphatic carbocycles. The van der Waals surface area contributed by atoms with Gasteiger partial charge in [0.15, 0.2) is 0 Å². The van der Waals surface area contributed by atoms with Gasteiger partial charge in [0.25, 0.3) is 0 Å². The van der Waals surface area contributed by atoms with Crippen LogP contribution in [0.3, 0.4) is 0 Å². The molecule has 0 bridgehead atoms. The topological polar surface area (TPSA) is 12.0 Å². The molecule has 0 fully saturated rings.